The molecule has 0 aromatic heterocycles. The Labute approximate surface area is 74.2 Å². The third-order valence-corrected chi connectivity index (χ3v) is 0.709. The van der Waals surface area contributed by atoms with Gasteiger partial charge in [-0.05, 0) is 0 Å². The lowest BCUT2D eigenvalue weighted by molar-refractivity contribution is 0.170. The first-order valence-corrected chi connectivity index (χ1v) is 2.96. The smallest absolute Gasteiger partial charge is 0.403 e. The van der Waals surface area contributed by atoms with E-state index < -0.39 is 29.3 Å². The summed E-state index contributed by atoms with van der Waals surface area (Å²) in [5, 5.41) is 49.4. The molecule has 13 heavy (non-hydrogen) atoms. The van der Waals surface area contributed by atoms with Crippen LogP contribution in [0.3, 0.4) is 0 Å². The van der Waals surface area contributed by atoms with Crippen molar-refractivity contribution >= 4 is 29.3 Å². The highest BCUT2D eigenvalue weighted by Crippen LogP contribution is 1.91. The summed E-state index contributed by atoms with van der Waals surface area (Å²) in [6.07, 6.45) is 0. The second-order valence-corrected chi connectivity index (χ2v) is 1.67. The van der Waals surface area contributed by atoms with Crippen LogP contribution in [-0.2, 0) is 13.7 Å². The SMILES string of the molecule is OB(O)OB(O)OB(O)OB(O)O. The fourth-order valence-corrected chi connectivity index (χ4v) is 0.372. The molecule has 0 rings (SSSR count). The first kappa shape index (κ1) is 12.9. The predicted molar refractivity (Wildman–Crippen MR) is 39.6 cm³/mol. The molecule has 0 aliphatic heterocycles. The first-order valence-electron chi connectivity index (χ1n) is 2.96. The van der Waals surface area contributed by atoms with Crippen LogP contribution in [0.15, 0.2) is 0 Å². The van der Waals surface area contributed by atoms with Crippen LogP contribution in [0.2, 0.25) is 0 Å². The molecular weight excluding hydrogens is 187 g/mol. The molecule has 0 aromatic carbocycles. The average Bonchev–Trinajstić information content (AvgIpc) is 1.80. The van der Waals surface area contributed by atoms with Gasteiger partial charge in [-0.1, -0.05) is 0 Å². The molecule has 0 saturated heterocycles. The third-order valence-electron chi connectivity index (χ3n) is 0.709. The summed E-state index contributed by atoms with van der Waals surface area (Å²) in [4.78, 5) is 0. The van der Waals surface area contributed by atoms with Crippen molar-refractivity contribution in [2.45, 2.75) is 0 Å². The van der Waals surface area contributed by atoms with E-state index in [1.807, 2.05) is 0 Å². The van der Waals surface area contributed by atoms with Crippen LogP contribution in [0.1, 0.15) is 0 Å². The summed E-state index contributed by atoms with van der Waals surface area (Å²) >= 11 is 0. The Morgan fingerprint density at radius 1 is 0.538 bits per heavy atom. The molecule has 0 atom stereocenters. The maximum absolute atomic E-state index is 8.54. The number of hydrogen-bond acceptors (Lipinski definition) is 9. The van der Waals surface area contributed by atoms with Crippen molar-refractivity contribution in [3.05, 3.63) is 0 Å². The van der Waals surface area contributed by atoms with Gasteiger partial charge in [-0.15, -0.1) is 0 Å². The molecule has 0 aliphatic rings. The van der Waals surface area contributed by atoms with E-state index in [1.165, 1.54) is 0 Å². The second kappa shape index (κ2) is 6.37. The van der Waals surface area contributed by atoms with Gasteiger partial charge in [-0.3, -0.25) is 0 Å². The Kier molecular flexibility index (Phi) is 6.32. The van der Waals surface area contributed by atoms with Crippen LogP contribution in [0.25, 0.3) is 0 Å². The van der Waals surface area contributed by atoms with E-state index in [2.05, 4.69) is 13.7 Å². The zero-order valence-corrected chi connectivity index (χ0v) is 6.22. The fraction of sp³-hybridized carbons (Fsp3) is 0. The highest BCUT2D eigenvalue weighted by molar-refractivity contribution is 6.59. The van der Waals surface area contributed by atoms with Crippen molar-refractivity contribution in [1.82, 2.24) is 0 Å². The fourth-order valence-electron chi connectivity index (χ4n) is 0.372. The van der Waals surface area contributed by atoms with Gasteiger partial charge < -0.3 is 43.9 Å². The van der Waals surface area contributed by atoms with Gasteiger partial charge in [0.2, 0.25) is 0 Å². The van der Waals surface area contributed by atoms with Crippen LogP contribution in [0.5, 0.6) is 0 Å². The third kappa shape index (κ3) is 8.24. The molecule has 0 radical (unpaired) electrons. The van der Waals surface area contributed by atoms with Crippen molar-refractivity contribution < 1.29 is 43.9 Å². The van der Waals surface area contributed by atoms with Gasteiger partial charge in [0.05, 0.1) is 0 Å². The van der Waals surface area contributed by atoms with Gasteiger partial charge in [-0.25, -0.2) is 0 Å². The molecule has 0 bridgehead atoms. The second-order valence-electron chi connectivity index (χ2n) is 1.67. The van der Waals surface area contributed by atoms with Gasteiger partial charge in [0.25, 0.3) is 0 Å². The van der Waals surface area contributed by atoms with E-state index in [9.17, 15) is 0 Å². The van der Waals surface area contributed by atoms with Crippen molar-refractivity contribution in [3.63, 3.8) is 0 Å². The highest BCUT2D eigenvalue weighted by atomic mass is 16.8. The standard InChI is InChI=1S/B4H6O9/c5-1(6)11-3(9)13-4(10)12-2(7)8/h5-10H. The monoisotopic (exact) mass is 194 g/mol. The van der Waals surface area contributed by atoms with Gasteiger partial charge in [0.15, 0.2) is 0 Å². The lowest BCUT2D eigenvalue weighted by Gasteiger charge is -2.10. The Balaban J connectivity index is 3.58. The Morgan fingerprint density at radius 2 is 0.846 bits per heavy atom. The quantitative estimate of drug-likeness (QED) is 0.228. The van der Waals surface area contributed by atoms with Crippen LogP contribution in [0.4, 0.5) is 0 Å². The largest absolute Gasteiger partial charge is 0.621 e. The Morgan fingerprint density at radius 3 is 1.08 bits per heavy atom. The van der Waals surface area contributed by atoms with Crippen molar-refractivity contribution in [2.75, 3.05) is 0 Å². The molecule has 0 aromatic rings. The lowest BCUT2D eigenvalue weighted by atomic mass is 10.0. The number of rotatable bonds is 6. The van der Waals surface area contributed by atoms with Crippen molar-refractivity contribution in [2.24, 2.45) is 0 Å². The summed E-state index contributed by atoms with van der Waals surface area (Å²) in [6, 6.07) is 0. The minimum atomic E-state index is -2.30. The summed E-state index contributed by atoms with van der Waals surface area (Å²) in [6.45, 7) is 0. The maximum Gasteiger partial charge on any atom is 0.621 e. The summed E-state index contributed by atoms with van der Waals surface area (Å²) < 4.78 is 11.4. The van der Waals surface area contributed by atoms with E-state index in [4.69, 9.17) is 30.1 Å². The normalized spacial score (nSPS) is 9.69. The minimum Gasteiger partial charge on any atom is -0.403 e. The zero-order chi connectivity index (χ0) is 10.4. The predicted octanol–water partition coefficient (Wildman–Crippen LogP) is -5.07. The summed E-state index contributed by atoms with van der Waals surface area (Å²) in [5.41, 5.74) is 0. The van der Waals surface area contributed by atoms with Crippen molar-refractivity contribution in [3.8, 4) is 0 Å². The van der Waals surface area contributed by atoms with Gasteiger partial charge >= 0.3 is 29.3 Å². The molecule has 0 aliphatic carbocycles. The van der Waals surface area contributed by atoms with Gasteiger partial charge in [-0.2, -0.15) is 0 Å². The molecule has 0 spiro atoms. The maximum atomic E-state index is 8.54. The highest BCUT2D eigenvalue weighted by Gasteiger charge is 2.32. The Bertz CT molecular complexity index is 111. The first-order chi connectivity index (χ1) is 5.91. The molecule has 72 valence electrons. The number of hydrogen-bond donors (Lipinski definition) is 6. The molecule has 0 amide bonds. The molecule has 0 unspecified atom stereocenters. The molecule has 6 N–H and O–H groups in total. The minimum absolute atomic E-state index is 2.19. The van der Waals surface area contributed by atoms with Crippen molar-refractivity contribution in [1.29, 1.82) is 0 Å². The topological polar surface area (TPSA) is 149 Å². The van der Waals surface area contributed by atoms with E-state index in [0.717, 1.165) is 0 Å². The van der Waals surface area contributed by atoms with E-state index in [1.54, 1.807) is 0 Å². The summed E-state index contributed by atoms with van der Waals surface area (Å²) in [7, 11) is -8.98. The molecule has 13 heteroatoms. The van der Waals surface area contributed by atoms with Crippen LogP contribution >= 0.6 is 0 Å². The summed E-state index contributed by atoms with van der Waals surface area (Å²) in [5.74, 6) is 0. The van der Waals surface area contributed by atoms with E-state index >= 15 is 0 Å². The van der Waals surface area contributed by atoms with Crippen LogP contribution in [-0.4, -0.2) is 59.4 Å². The zero-order valence-electron chi connectivity index (χ0n) is 6.22. The lowest BCUT2D eigenvalue weighted by Crippen LogP contribution is -2.41. The van der Waals surface area contributed by atoms with E-state index in [-0.39, 0.29) is 0 Å². The van der Waals surface area contributed by atoms with E-state index in [0.29, 0.717) is 0 Å². The van der Waals surface area contributed by atoms with Crippen LogP contribution < -0.4 is 0 Å². The molecule has 0 fully saturated rings. The molecule has 0 heterocycles. The molecule has 9 nitrogen and oxygen atoms in total. The van der Waals surface area contributed by atoms with Crippen LogP contribution in [0, 0.1) is 0 Å². The molecular formula is H6B4O9. The molecule has 0 saturated carbocycles. The average molecular weight is 193 g/mol. The Hall–Kier alpha value is -0.100. The van der Waals surface area contributed by atoms with Gasteiger partial charge in [0.1, 0.15) is 0 Å². The van der Waals surface area contributed by atoms with Gasteiger partial charge in [0, 0.05) is 0 Å².